The van der Waals surface area contributed by atoms with Crippen molar-refractivity contribution in [1.82, 2.24) is 9.97 Å². The van der Waals surface area contributed by atoms with Crippen LogP contribution in [0.15, 0.2) is 12.4 Å². The van der Waals surface area contributed by atoms with Gasteiger partial charge >= 0.3 is 6.72 Å². The molecule has 15 heavy (non-hydrogen) atoms. The summed E-state index contributed by atoms with van der Waals surface area (Å²) >= 11 is 5.01. The first-order valence-corrected chi connectivity index (χ1v) is 6.46. The van der Waals surface area contributed by atoms with Crippen molar-refractivity contribution in [2.45, 2.75) is 0 Å². The Bertz CT molecular complexity index is 368. The second kappa shape index (κ2) is 5.37. The largest absolute Gasteiger partial charge is 0.481 e. The molecule has 1 aromatic rings. The van der Waals surface area contributed by atoms with Gasteiger partial charge in [0.1, 0.15) is 6.33 Å². The van der Waals surface area contributed by atoms with Crippen LogP contribution in [0.5, 0.6) is 11.8 Å². The topological polar surface area (TPSA) is 62.7 Å². The number of hydrogen-bond acceptors (Lipinski definition) is 7. The molecule has 6 nitrogen and oxygen atoms in total. The molecule has 0 saturated carbocycles. The molecular weight excluding hydrogens is 239 g/mol. The molecule has 0 atom stereocenters. The van der Waals surface area contributed by atoms with E-state index >= 15 is 0 Å². The molecule has 1 aromatic heterocycles. The van der Waals surface area contributed by atoms with Crippen LogP contribution in [0.4, 0.5) is 0 Å². The molecule has 0 aliphatic rings. The van der Waals surface area contributed by atoms with Crippen LogP contribution in [-0.4, -0.2) is 31.3 Å². The van der Waals surface area contributed by atoms with Gasteiger partial charge in [-0.05, 0) is 0 Å². The number of nitrogens with zero attached hydrogens (tertiary/aromatic N) is 2. The van der Waals surface area contributed by atoms with E-state index < -0.39 is 6.72 Å². The highest BCUT2D eigenvalue weighted by molar-refractivity contribution is 8.07. The predicted molar refractivity (Wildman–Crippen MR) is 57.5 cm³/mol. The third-order valence-electron chi connectivity index (χ3n) is 1.48. The molecule has 1 heterocycles. The smallest absolute Gasteiger partial charge is 0.381 e. The quantitative estimate of drug-likeness (QED) is 0.731. The van der Waals surface area contributed by atoms with E-state index in [1.165, 1.54) is 33.7 Å². The zero-order chi connectivity index (χ0) is 11.3. The summed E-state index contributed by atoms with van der Waals surface area (Å²) < 4.78 is 20.1. The van der Waals surface area contributed by atoms with Crippen LogP contribution in [0, 0.1) is 0 Å². The lowest BCUT2D eigenvalue weighted by Crippen LogP contribution is -1.99. The van der Waals surface area contributed by atoms with Crippen molar-refractivity contribution >= 4 is 18.5 Å². The summed E-state index contributed by atoms with van der Waals surface area (Å²) in [5, 5.41) is 0. The first-order valence-electron chi connectivity index (χ1n) is 3.90. The Balaban J connectivity index is 2.84. The summed E-state index contributed by atoms with van der Waals surface area (Å²) in [6.45, 7) is -2.75. The number of methoxy groups -OCH3 is 1. The van der Waals surface area contributed by atoms with Crippen LogP contribution in [0.2, 0.25) is 0 Å². The highest BCUT2D eigenvalue weighted by Crippen LogP contribution is 2.47. The summed E-state index contributed by atoms with van der Waals surface area (Å²) in [6, 6.07) is 1.50. The summed E-state index contributed by atoms with van der Waals surface area (Å²) in [5.74, 6) is 0.641. The van der Waals surface area contributed by atoms with Crippen molar-refractivity contribution in [3.63, 3.8) is 0 Å². The van der Waals surface area contributed by atoms with Gasteiger partial charge in [0.15, 0.2) is 0 Å². The third-order valence-corrected chi connectivity index (χ3v) is 3.90. The van der Waals surface area contributed by atoms with Crippen molar-refractivity contribution in [3.8, 4) is 11.8 Å². The molecule has 0 fully saturated rings. The van der Waals surface area contributed by atoms with Gasteiger partial charge < -0.3 is 18.3 Å². The third kappa shape index (κ3) is 3.39. The molecule has 0 saturated heterocycles. The average molecular weight is 250 g/mol. The molecule has 8 heteroatoms. The van der Waals surface area contributed by atoms with Gasteiger partial charge in [0, 0.05) is 26.0 Å². The van der Waals surface area contributed by atoms with E-state index in [9.17, 15) is 0 Å². The number of ether oxygens (including phenoxy) is 1. The van der Waals surface area contributed by atoms with E-state index in [4.69, 9.17) is 30.1 Å². The molecule has 0 spiro atoms. The molecule has 0 amide bonds. The van der Waals surface area contributed by atoms with Crippen molar-refractivity contribution in [3.05, 3.63) is 12.4 Å². The van der Waals surface area contributed by atoms with Crippen molar-refractivity contribution < 1.29 is 18.3 Å². The lowest BCUT2D eigenvalue weighted by molar-refractivity contribution is 0.269. The maximum absolute atomic E-state index is 5.29. The molecule has 0 aromatic carbocycles. The number of rotatable bonds is 5. The molecule has 1 rings (SSSR count). The standard InChI is InChI=1S/C7H11N2O4PS/c1-10-6-4-7(9-5-8-6)13-14(15,11-2)12-3/h4-5H,1-3H3. The summed E-state index contributed by atoms with van der Waals surface area (Å²) in [5.41, 5.74) is 0. The van der Waals surface area contributed by atoms with Crippen molar-refractivity contribution in [1.29, 1.82) is 0 Å². The fourth-order valence-electron chi connectivity index (χ4n) is 0.748. The van der Waals surface area contributed by atoms with Crippen LogP contribution in [-0.2, 0) is 20.9 Å². The molecule has 0 radical (unpaired) electrons. The van der Waals surface area contributed by atoms with Crippen LogP contribution < -0.4 is 9.26 Å². The van der Waals surface area contributed by atoms with Gasteiger partial charge in [0.25, 0.3) is 0 Å². The van der Waals surface area contributed by atoms with E-state index in [1.54, 1.807) is 0 Å². The molecule has 0 aliphatic carbocycles. The van der Waals surface area contributed by atoms with Gasteiger partial charge in [0.05, 0.1) is 13.2 Å². The van der Waals surface area contributed by atoms with Gasteiger partial charge in [-0.25, -0.2) is 9.97 Å². The van der Waals surface area contributed by atoms with E-state index in [1.807, 2.05) is 0 Å². The first kappa shape index (κ1) is 12.3. The van der Waals surface area contributed by atoms with Gasteiger partial charge in [-0.1, -0.05) is 0 Å². The average Bonchev–Trinajstić information content (AvgIpc) is 2.29. The van der Waals surface area contributed by atoms with Crippen LogP contribution in [0.25, 0.3) is 0 Å². The zero-order valence-electron chi connectivity index (χ0n) is 8.54. The van der Waals surface area contributed by atoms with Gasteiger partial charge in [0.2, 0.25) is 11.8 Å². The maximum Gasteiger partial charge on any atom is 0.381 e. The van der Waals surface area contributed by atoms with Crippen LogP contribution in [0.3, 0.4) is 0 Å². The maximum atomic E-state index is 5.29. The Morgan fingerprint density at radius 3 is 2.27 bits per heavy atom. The first-order chi connectivity index (χ1) is 7.13. The second-order valence-corrected chi connectivity index (χ2v) is 5.45. The van der Waals surface area contributed by atoms with Gasteiger partial charge in [-0.2, -0.15) is 0 Å². The zero-order valence-corrected chi connectivity index (χ0v) is 10.2. The SMILES string of the molecule is COc1cc(OP(=S)(OC)OC)ncn1. The fourth-order valence-corrected chi connectivity index (χ4v) is 1.60. The van der Waals surface area contributed by atoms with E-state index in [2.05, 4.69) is 9.97 Å². The normalized spacial score (nSPS) is 11.1. The van der Waals surface area contributed by atoms with Gasteiger partial charge in [-0.3, -0.25) is 0 Å². The number of aromatic nitrogens is 2. The molecule has 84 valence electrons. The molecule has 0 unspecified atom stereocenters. The van der Waals surface area contributed by atoms with E-state index in [0.717, 1.165) is 0 Å². The van der Waals surface area contributed by atoms with E-state index in [-0.39, 0.29) is 5.88 Å². The highest BCUT2D eigenvalue weighted by atomic mass is 32.5. The van der Waals surface area contributed by atoms with Crippen LogP contribution >= 0.6 is 6.72 Å². The monoisotopic (exact) mass is 250 g/mol. The second-order valence-electron chi connectivity index (χ2n) is 2.30. The lowest BCUT2D eigenvalue weighted by Gasteiger charge is -2.17. The van der Waals surface area contributed by atoms with Crippen molar-refractivity contribution in [2.24, 2.45) is 0 Å². The molecular formula is C7H11N2O4PS. The van der Waals surface area contributed by atoms with E-state index in [0.29, 0.717) is 5.88 Å². The minimum Gasteiger partial charge on any atom is -0.481 e. The minimum absolute atomic E-state index is 0.258. The summed E-state index contributed by atoms with van der Waals surface area (Å²) in [7, 11) is 4.33. The van der Waals surface area contributed by atoms with Crippen molar-refractivity contribution in [2.75, 3.05) is 21.3 Å². The molecule has 0 bridgehead atoms. The Hall–Kier alpha value is -0.750. The van der Waals surface area contributed by atoms with Gasteiger partial charge in [-0.15, -0.1) is 0 Å². The Morgan fingerprint density at radius 1 is 1.13 bits per heavy atom. The predicted octanol–water partition coefficient (Wildman–Crippen LogP) is 1.38. The summed E-state index contributed by atoms with van der Waals surface area (Å²) in [4.78, 5) is 7.68. The number of hydrogen-bond donors (Lipinski definition) is 0. The highest BCUT2D eigenvalue weighted by Gasteiger charge is 2.19. The fraction of sp³-hybridized carbons (Fsp3) is 0.429. The lowest BCUT2D eigenvalue weighted by atomic mass is 10.6. The minimum atomic E-state index is -2.75. The Labute approximate surface area is 92.8 Å². The Kier molecular flexibility index (Phi) is 4.41. The van der Waals surface area contributed by atoms with Crippen LogP contribution in [0.1, 0.15) is 0 Å². The molecule has 0 N–H and O–H groups in total. The summed E-state index contributed by atoms with van der Waals surface area (Å²) in [6.07, 6.45) is 1.30. The Morgan fingerprint density at radius 2 is 1.73 bits per heavy atom. The molecule has 0 aliphatic heterocycles.